The molecule has 1 fully saturated rings. The molecular weight excluding hydrogens is 349 g/mol. The van der Waals surface area contributed by atoms with Gasteiger partial charge in [-0.25, -0.2) is 9.97 Å². The summed E-state index contributed by atoms with van der Waals surface area (Å²) in [5.41, 5.74) is 2.07. The van der Waals surface area contributed by atoms with E-state index in [-0.39, 0.29) is 11.3 Å². The fourth-order valence-electron chi connectivity index (χ4n) is 2.95. The molecule has 0 aliphatic heterocycles. The quantitative estimate of drug-likeness (QED) is 0.770. The van der Waals surface area contributed by atoms with E-state index in [1.165, 1.54) is 18.9 Å². The molecule has 6 nitrogen and oxygen atoms in total. The van der Waals surface area contributed by atoms with E-state index in [1.54, 1.807) is 23.5 Å². The third-order valence-electron chi connectivity index (χ3n) is 4.46. The molecule has 3 aromatic rings. The molecule has 9 heteroatoms. The van der Waals surface area contributed by atoms with Gasteiger partial charge >= 0.3 is 6.18 Å². The van der Waals surface area contributed by atoms with Crippen molar-refractivity contribution in [3.8, 4) is 11.3 Å². The summed E-state index contributed by atoms with van der Waals surface area (Å²) in [4.78, 5) is 20.9. The van der Waals surface area contributed by atoms with Crippen molar-refractivity contribution in [2.24, 2.45) is 5.92 Å². The van der Waals surface area contributed by atoms with Crippen LogP contribution in [0.3, 0.4) is 0 Å². The van der Waals surface area contributed by atoms with Crippen LogP contribution in [-0.2, 0) is 0 Å². The number of halogens is 3. The highest BCUT2D eigenvalue weighted by molar-refractivity contribution is 5.98. The SMILES string of the molecule is Cc1cc(-c2ccoc2)nc2c(C(=O)NC(C3CC3)C(F)(F)F)ncn12. The molecule has 0 bridgehead atoms. The Labute approximate surface area is 146 Å². The number of nitrogens with one attached hydrogen (secondary N) is 1. The summed E-state index contributed by atoms with van der Waals surface area (Å²) in [6.07, 6.45) is 0.793. The van der Waals surface area contributed by atoms with E-state index >= 15 is 0 Å². The number of rotatable bonds is 4. The fourth-order valence-corrected chi connectivity index (χ4v) is 2.95. The zero-order valence-electron chi connectivity index (χ0n) is 13.7. The van der Waals surface area contributed by atoms with Crippen molar-refractivity contribution in [1.29, 1.82) is 0 Å². The first-order valence-corrected chi connectivity index (χ1v) is 8.09. The Balaban J connectivity index is 1.71. The smallest absolute Gasteiger partial charge is 0.408 e. The molecule has 4 rings (SSSR count). The minimum absolute atomic E-state index is 0.131. The first-order valence-electron chi connectivity index (χ1n) is 8.09. The second-order valence-corrected chi connectivity index (χ2v) is 6.41. The van der Waals surface area contributed by atoms with E-state index in [1.807, 2.05) is 0 Å². The lowest BCUT2D eigenvalue weighted by Gasteiger charge is -2.20. The number of alkyl halides is 3. The number of hydrogen-bond acceptors (Lipinski definition) is 4. The summed E-state index contributed by atoms with van der Waals surface area (Å²) in [5, 5.41) is 2.09. The van der Waals surface area contributed by atoms with Crippen molar-refractivity contribution >= 4 is 11.6 Å². The van der Waals surface area contributed by atoms with Crippen molar-refractivity contribution < 1.29 is 22.4 Å². The van der Waals surface area contributed by atoms with Crippen LogP contribution in [0.25, 0.3) is 16.9 Å². The Kier molecular flexibility index (Phi) is 3.74. The molecule has 0 aromatic carbocycles. The number of carbonyl (C=O) groups excluding carboxylic acids is 1. The first-order chi connectivity index (χ1) is 12.3. The topological polar surface area (TPSA) is 72.4 Å². The standard InChI is InChI=1S/C17H15F3N4O2/c1-9-6-12(11-4-5-26-7-11)22-15-13(21-8-24(9)15)16(25)23-14(10-2-3-10)17(18,19)20/h4-8,10,14H,2-3H2,1H3,(H,23,25). The molecule has 26 heavy (non-hydrogen) atoms. The van der Waals surface area contributed by atoms with E-state index in [4.69, 9.17) is 4.42 Å². The van der Waals surface area contributed by atoms with Gasteiger partial charge < -0.3 is 9.73 Å². The van der Waals surface area contributed by atoms with Crippen molar-refractivity contribution in [1.82, 2.24) is 19.7 Å². The molecular formula is C17H15F3N4O2. The van der Waals surface area contributed by atoms with Crippen molar-refractivity contribution in [3.05, 3.63) is 42.4 Å². The highest BCUT2D eigenvalue weighted by Gasteiger charge is 2.50. The molecule has 0 spiro atoms. The largest absolute Gasteiger partial charge is 0.472 e. The molecule has 1 N–H and O–H groups in total. The van der Waals surface area contributed by atoms with Gasteiger partial charge in [0.15, 0.2) is 11.3 Å². The second kappa shape index (κ2) is 5.86. The molecule has 0 radical (unpaired) electrons. The van der Waals surface area contributed by atoms with Crippen molar-refractivity contribution in [2.75, 3.05) is 0 Å². The number of furan rings is 1. The van der Waals surface area contributed by atoms with Crippen LogP contribution in [0.15, 0.2) is 35.4 Å². The van der Waals surface area contributed by atoms with Crippen LogP contribution in [0.1, 0.15) is 29.0 Å². The maximum absolute atomic E-state index is 13.2. The third-order valence-corrected chi connectivity index (χ3v) is 4.46. The second-order valence-electron chi connectivity index (χ2n) is 6.41. The highest BCUT2D eigenvalue weighted by Crippen LogP contribution is 2.40. The molecule has 1 unspecified atom stereocenters. The first kappa shape index (κ1) is 16.6. The number of amides is 1. The number of imidazole rings is 1. The zero-order valence-corrected chi connectivity index (χ0v) is 13.7. The molecule has 1 atom stereocenters. The van der Waals surface area contributed by atoms with Crippen LogP contribution in [0.2, 0.25) is 0 Å². The molecule has 0 saturated heterocycles. The minimum Gasteiger partial charge on any atom is -0.472 e. The maximum atomic E-state index is 13.2. The van der Waals surface area contributed by atoms with Gasteiger partial charge in [0.1, 0.15) is 12.4 Å². The Hall–Kier alpha value is -2.84. The number of aryl methyl sites for hydroxylation is 1. The van der Waals surface area contributed by atoms with Gasteiger partial charge in [0, 0.05) is 11.3 Å². The summed E-state index contributed by atoms with van der Waals surface area (Å²) in [6.45, 7) is 1.80. The average Bonchev–Trinajstić information content (AvgIpc) is 3.09. The zero-order chi connectivity index (χ0) is 18.5. The van der Waals surface area contributed by atoms with Gasteiger partial charge in [0.05, 0.1) is 18.2 Å². The van der Waals surface area contributed by atoms with Gasteiger partial charge in [-0.3, -0.25) is 9.20 Å². The molecule has 3 aromatic heterocycles. The minimum atomic E-state index is -4.49. The predicted molar refractivity (Wildman–Crippen MR) is 85.5 cm³/mol. The molecule has 1 saturated carbocycles. The lowest BCUT2D eigenvalue weighted by molar-refractivity contribution is -0.158. The van der Waals surface area contributed by atoms with Crippen LogP contribution in [0.4, 0.5) is 13.2 Å². The number of nitrogens with zero attached hydrogens (tertiary/aromatic N) is 3. The number of aromatic nitrogens is 3. The predicted octanol–water partition coefficient (Wildman–Crippen LogP) is 3.37. The lowest BCUT2D eigenvalue weighted by Crippen LogP contribution is -2.47. The Morgan fingerprint density at radius 3 is 2.81 bits per heavy atom. The number of hydrogen-bond donors (Lipinski definition) is 1. The molecule has 3 heterocycles. The Morgan fingerprint density at radius 1 is 1.42 bits per heavy atom. The van der Waals surface area contributed by atoms with Gasteiger partial charge in [-0.1, -0.05) is 0 Å². The van der Waals surface area contributed by atoms with Crippen LogP contribution in [-0.4, -0.2) is 32.5 Å². The summed E-state index contributed by atoms with van der Waals surface area (Å²) in [5.74, 6) is -1.44. The molecule has 1 aliphatic carbocycles. The summed E-state index contributed by atoms with van der Waals surface area (Å²) >= 11 is 0. The summed E-state index contributed by atoms with van der Waals surface area (Å²) < 4.78 is 46.1. The van der Waals surface area contributed by atoms with E-state index in [0.29, 0.717) is 24.1 Å². The number of fused-ring (bicyclic) bond motifs is 1. The van der Waals surface area contributed by atoms with E-state index in [0.717, 1.165) is 5.69 Å². The van der Waals surface area contributed by atoms with Crippen LogP contribution < -0.4 is 5.32 Å². The lowest BCUT2D eigenvalue weighted by atomic mass is 10.1. The van der Waals surface area contributed by atoms with Gasteiger partial charge in [0.2, 0.25) is 0 Å². The van der Waals surface area contributed by atoms with Crippen LogP contribution >= 0.6 is 0 Å². The van der Waals surface area contributed by atoms with E-state index < -0.39 is 24.0 Å². The molecule has 136 valence electrons. The van der Waals surface area contributed by atoms with Gasteiger partial charge in [-0.05, 0) is 37.8 Å². The van der Waals surface area contributed by atoms with Gasteiger partial charge in [-0.2, -0.15) is 13.2 Å². The Bertz CT molecular complexity index is 958. The molecule has 1 aliphatic rings. The van der Waals surface area contributed by atoms with Crippen molar-refractivity contribution in [3.63, 3.8) is 0 Å². The van der Waals surface area contributed by atoms with Crippen LogP contribution in [0, 0.1) is 12.8 Å². The van der Waals surface area contributed by atoms with Gasteiger partial charge in [-0.15, -0.1) is 0 Å². The fraction of sp³-hybridized carbons (Fsp3) is 0.353. The van der Waals surface area contributed by atoms with E-state index in [9.17, 15) is 18.0 Å². The Morgan fingerprint density at radius 2 is 2.19 bits per heavy atom. The average molecular weight is 364 g/mol. The summed E-state index contributed by atoms with van der Waals surface area (Å²) in [6, 6.07) is 1.63. The van der Waals surface area contributed by atoms with E-state index in [2.05, 4.69) is 15.3 Å². The van der Waals surface area contributed by atoms with Gasteiger partial charge in [0.25, 0.3) is 5.91 Å². The maximum Gasteiger partial charge on any atom is 0.408 e. The van der Waals surface area contributed by atoms with Crippen molar-refractivity contribution in [2.45, 2.75) is 32.0 Å². The van der Waals surface area contributed by atoms with Crippen LogP contribution in [0.5, 0.6) is 0 Å². The third kappa shape index (κ3) is 2.93. The monoisotopic (exact) mass is 364 g/mol. The summed E-state index contributed by atoms with van der Waals surface area (Å²) in [7, 11) is 0. The number of carbonyl (C=O) groups is 1. The highest BCUT2D eigenvalue weighted by atomic mass is 19.4. The normalized spacial score (nSPS) is 16.0. The molecule has 1 amide bonds.